The molecule has 0 unspecified atom stereocenters. The molecule has 3 rings (SSSR count). The lowest BCUT2D eigenvalue weighted by Gasteiger charge is -2.43. The summed E-state index contributed by atoms with van der Waals surface area (Å²) in [6.45, 7) is 2.89. The number of nitrogens with one attached hydrogen (secondary N) is 1. The van der Waals surface area contributed by atoms with Crippen molar-refractivity contribution in [2.75, 3.05) is 18.4 Å². The highest BCUT2D eigenvalue weighted by Gasteiger charge is 2.37. The topological polar surface area (TPSA) is 89.2 Å². The summed E-state index contributed by atoms with van der Waals surface area (Å²) in [6.07, 6.45) is 4.33. The zero-order valence-corrected chi connectivity index (χ0v) is 13.4. The Kier molecular flexibility index (Phi) is 4.32. The van der Waals surface area contributed by atoms with Crippen LogP contribution in [0.2, 0.25) is 0 Å². The molecular formula is C15H20N4O2S. The van der Waals surface area contributed by atoms with Crippen LogP contribution in [0, 0.1) is 24.2 Å². The fraction of sp³-hybridized carbons (Fsp3) is 0.667. The van der Waals surface area contributed by atoms with Crippen LogP contribution in [0.4, 0.5) is 5.00 Å². The molecule has 2 aliphatic rings. The van der Waals surface area contributed by atoms with Crippen LogP contribution in [0.5, 0.6) is 0 Å². The highest BCUT2D eigenvalue weighted by Crippen LogP contribution is 2.35. The van der Waals surface area contributed by atoms with Crippen molar-refractivity contribution in [3.8, 4) is 6.07 Å². The van der Waals surface area contributed by atoms with Gasteiger partial charge in [0.25, 0.3) is 0 Å². The van der Waals surface area contributed by atoms with Gasteiger partial charge in [-0.1, -0.05) is 0 Å². The van der Waals surface area contributed by atoms with Gasteiger partial charge >= 0.3 is 5.97 Å². The lowest BCUT2D eigenvalue weighted by Crippen LogP contribution is -2.52. The lowest BCUT2D eigenvalue weighted by atomic mass is 9.85. The van der Waals surface area contributed by atoms with E-state index < -0.39 is 5.97 Å². The van der Waals surface area contributed by atoms with Gasteiger partial charge in [-0.3, -0.25) is 9.69 Å². The van der Waals surface area contributed by atoms with Crippen LogP contribution in [-0.2, 0) is 4.79 Å². The summed E-state index contributed by atoms with van der Waals surface area (Å²) in [5.74, 6) is -0.0531. The third kappa shape index (κ3) is 3.39. The third-order valence-corrected chi connectivity index (χ3v) is 5.34. The number of hydrogen-bond acceptors (Lipinski definition) is 6. The second-order valence-corrected chi connectivity index (χ2v) is 7.09. The predicted octanol–water partition coefficient (Wildman–Crippen LogP) is 2.06. The second-order valence-electron chi connectivity index (χ2n) is 6.32. The quantitative estimate of drug-likeness (QED) is 0.799. The van der Waals surface area contributed by atoms with E-state index in [2.05, 4.69) is 20.7 Å². The van der Waals surface area contributed by atoms with Gasteiger partial charge in [-0.15, -0.1) is 0 Å². The molecule has 0 aromatic carbocycles. The first-order chi connectivity index (χ1) is 10.6. The van der Waals surface area contributed by atoms with E-state index in [0.717, 1.165) is 30.1 Å². The Morgan fingerprint density at radius 2 is 2.27 bits per heavy atom. The van der Waals surface area contributed by atoms with E-state index in [9.17, 15) is 4.79 Å². The van der Waals surface area contributed by atoms with Crippen LogP contribution in [0.3, 0.4) is 0 Å². The Bertz CT molecular complexity index is 599. The van der Waals surface area contributed by atoms with Gasteiger partial charge in [0.15, 0.2) is 0 Å². The minimum absolute atomic E-state index is 0.136. The van der Waals surface area contributed by atoms with Gasteiger partial charge in [0.05, 0.1) is 12.2 Å². The minimum atomic E-state index is -0.748. The molecule has 2 fully saturated rings. The number of nitriles is 1. The maximum atomic E-state index is 11.0. The van der Waals surface area contributed by atoms with Gasteiger partial charge in [-0.25, -0.2) is 0 Å². The maximum Gasteiger partial charge on any atom is 0.317 e. The van der Waals surface area contributed by atoms with E-state index in [0.29, 0.717) is 23.6 Å². The van der Waals surface area contributed by atoms with Crippen LogP contribution >= 0.6 is 11.5 Å². The first kappa shape index (κ1) is 15.3. The molecule has 0 radical (unpaired) electrons. The zero-order valence-electron chi connectivity index (χ0n) is 12.6. The Morgan fingerprint density at radius 1 is 1.55 bits per heavy atom. The van der Waals surface area contributed by atoms with Crippen LogP contribution in [0.25, 0.3) is 0 Å². The van der Waals surface area contributed by atoms with Crippen LogP contribution in [0.1, 0.15) is 36.9 Å². The summed E-state index contributed by atoms with van der Waals surface area (Å²) < 4.78 is 4.21. The maximum absolute atomic E-state index is 11.0. The van der Waals surface area contributed by atoms with Crippen molar-refractivity contribution >= 4 is 22.5 Å². The summed E-state index contributed by atoms with van der Waals surface area (Å²) in [7, 11) is 0. The smallest absolute Gasteiger partial charge is 0.317 e. The molecule has 0 bridgehead atoms. The molecular weight excluding hydrogens is 300 g/mol. The molecule has 0 saturated heterocycles. The Morgan fingerprint density at radius 3 is 2.86 bits per heavy atom. The van der Waals surface area contributed by atoms with Crippen molar-refractivity contribution in [3.63, 3.8) is 0 Å². The molecule has 0 spiro atoms. The number of nitrogens with zero attached hydrogens (tertiary/aromatic N) is 3. The largest absolute Gasteiger partial charge is 0.480 e. The molecule has 0 amide bonds. The van der Waals surface area contributed by atoms with E-state index in [1.54, 1.807) is 0 Å². The van der Waals surface area contributed by atoms with Gasteiger partial charge in [-0.2, -0.15) is 9.64 Å². The number of anilines is 1. The molecule has 2 N–H and O–H groups in total. The van der Waals surface area contributed by atoms with Gasteiger partial charge in [0.1, 0.15) is 16.6 Å². The van der Waals surface area contributed by atoms with E-state index in [1.807, 2.05) is 6.92 Å². The highest BCUT2D eigenvalue weighted by atomic mass is 32.1. The van der Waals surface area contributed by atoms with Gasteiger partial charge < -0.3 is 10.4 Å². The van der Waals surface area contributed by atoms with E-state index in [-0.39, 0.29) is 6.54 Å². The van der Waals surface area contributed by atoms with Crippen molar-refractivity contribution in [1.82, 2.24) is 9.27 Å². The number of carbonyl (C=O) groups is 1. The van der Waals surface area contributed by atoms with Gasteiger partial charge in [0, 0.05) is 18.6 Å². The lowest BCUT2D eigenvalue weighted by molar-refractivity contribution is -0.139. The van der Waals surface area contributed by atoms with Crippen LogP contribution < -0.4 is 5.32 Å². The number of carboxylic acid groups (broad SMARTS) is 1. The van der Waals surface area contributed by atoms with Crippen molar-refractivity contribution in [3.05, 3.63) is 11.3 Å². The highest BCUT2D eigenvalue weighted by molar-refractivity contribution is 7.10. The molecule has 7 heteroatoms. The molecule has 0 aliphatic heterocycles. The average Bonchev–Trinajstić information content (AvgIpc) is 3.15. The number of rotatable bonds is 7. The molecule has 0 atom stereocenters. The number of aryl methyl sites for hydroxylation is 1. The van der Waals surface area contributed by atoms with E-state index in [4.69, 9.17) is 10.4 Å². The average molecular weight is 320 g/mol. The van der Waals surface area contributed by atoms with Crippen molar-refractivity contribution < 1.29 is 9.90 Å². The summed E-state index contributed by atoms with van der Waals surface area (Å²) in [4.78, 5) is 13.1. The predicted molar refractivity (Wildman–Crippen MR) is 83.9 cm³/mol. The summed E-state index contributed by atoms with van der Waals surface area (Å²) in [6, 6.07) is 2.84. The van der Waals surface area contributed by atoms with Gasteiger partial charge in [0.2, 0.25) is 0 Å². The molecule has 2 aliphatic carbocycles. The van der Waals surface area contributed by atoms with Crippen molar-refractivity contribution in [2.45, 2.75) is 44.7 Å². The number of aliphatic carboxylic acids is 1. The first-order valence-electron chi connectivity index (χ1n) is 7.65. The normalized spacial score (nSPS) is 23.9. The molecule has 22 heavy (non-hydrogen) atoms. The SMILES string of the molecule is Cc1nsc(NC2CC(N(CC(=O)O)CC3CC3)C2)c1C#N. The molecule has 1 heterocycles. The van der Waals surface area contributed by atoms with Crippen molar-refractivity contribution in [1.29, 1.82) is 5.26 Å². The minimum Gasteiger partial charge on any atom is -0.480 e. The Hall–Kier alpha value is -1.65. The second kappa shape index (κ2) is 6.23. The van der Waals surface area contributed by atoms with Crippen molar-refractivity contribution in [2.24, 2.45) is 5.92 Å². The Balaban J connectivity index is 1.53. The molecule has 1 aromatic heterocycles. The first-order valence-corrected chi connectivity index (χ1v) is 8.43. The van der Waals surface area contributed by atoms with Crippen LogP contribution in [-0.4, -0.2) is 45.5 Å². The summed E-state index contributed by atoms with van der Waals surface area (Å²) >= 11 is 1.33. The molecule has 118 valence electrons. The Labute approximate surface area is 133 Å². The molecule has 1 aromatic rings. The van der Waals surface area contributed by atoms with E-state index in [1.165, 1.54) is 24.4 Å². The molecule has 2 saturated carbocycles. The monoisotopic (exact) mass is 320 g/mol. The summed E-state index contributed by atoms with van der Waals surface area (Å²) in [5.41, 5.74) is 1.40. The van der Waals surface area contributed by atoms with Crippen LogP contribution in [0.15, 0.2) is 0 Å². The van der Waals surface area contributed by atoms with E-state index >= 15 is 0 Å². The standard InChI is InChI=1S/C15H20N4O2S/c1-9-13(6-16)15(22-18-9)17-11-4-12(5-11)19(8-14(20)21)7-10-2-3-10/h10-12,17H,2-5,7-8H2,1H3,(H,20,21). The summed E-state index contributed by atoms with van der Waals surface area (Å²) in [5, 5.41) is 22.4. The number of aromatic nitrogens is 1. The molecule has 6 nitrogen and oxygen atoms in total. The van der Waals surface area contributed by atoms with Gasteiger partial charge in [-0.05, 0) is 50.1 Å². The number of hydrogen-bond donors (Lipinski definition) is 2. The third-order valence-electron chi connectivity index (χ3n) is 4.47. The zero-order chi connectivity index (χ0) is 15.7. The fourth-order valence-corrected chi connectivity index (χ4v) is 3.76. The fourth-order valence-electron chi connectivity index (χ4n) is 2.94. The number of carboxylic acids is 1.